The molecule has 2 heteroatoms. The topological polar surface area (TPSA) is 29.5 Å². The van der Waals surface area contributed by atoms with Gasteiger partial charge in [0.15, 0.2) is 0 Å². The fourth-order valence-electron chi connectivity index (χ4n) is 3.17. The standard InChI is InChI=1S/C18H36O2/c1-3-5-7-9-10-12-16-14-15-18(20-16)17(19)13-11-8-6-4-2/h16-19H,3-15H2,1-2H3/t16-,17-,18-/m0/s1. The number of unbranched alkanes of at least 4 members (excludes halogenated alkanes) is 7. The molecule has 120 valence electrons. The summed E-state index contributed by atoms with van der Waals surface area (Å²) in [7, 11) is 0. The Hall–Kier alpha value is -0.0800. The quantitative estimate of drug-likeness (QED) is 0.497. The van der Waals surface area contributed by atoms with Crippen LogP contribution in [0.4, 0.5) is 0 Å². The molecule has 0 bridgehead atoms. The molecule has 1 N–H and O–H groups in total. The number of rotatable bonds is 12. The molecule has 1 aliphatic rings. The van der Waals surface area contributed by atoms with Gasteiger partial charge in [-0.1, -0.05) is 71.6 Å². The molecule has 2 nitrogen and oxygen atoms in total. The van der Waals surface area contributed by atoms with Crippen LogP contribution in [0.5, 0.6) is 0 Å². The van der Waals surface area contributed by atoms with E-state index in [9.17, 15) is 5.11 Å². The Morgan fingerprint density at radius 1 is 0.900 bits per heavy atom. The highest BCUT2D eigenvalue weighted by Gasteiger charge is 2.29. The molecule has 0 unspecified atom stereocenters. The molecule has 0 aromatic rings. The minimum Gasteiger partial charge on any atom is -0.390 e. The fraction of sp³-hybridized carbons (Fsp3) is 1.00. The highest BCUT2D eigenvalue weighted by Crippen LogP contribution is 2.27. The molecule has 0 aromatic carbocycles. The van der Waals surface area contributed by atoms with Crippen LogP contribution >= 0.6 is 0 Å². The summed E-state index contributed by atoms with van der Waals surface area (Å²) >= 11 is 0. The van der Waals surface area contributed by atoms with Crippen LogP contribution < -0.4 is 0 Å². The third kappa shape index (κ3) is 7.64. The van der Waals surface area contributed by atoms with Crippen LogP contribution in [0.2, 0.25) is 0 Å². The van der Waals surface area contributed by atoms with Gasteiger partial charge in [-0.2, -0.15) is 0 Å². The molecule has 0 amide bonds. The van der Waals surface area contributed by atoms with E-state index in [0.29, 0.717) is 6.10 Å². The molecular formula is C18H36O2. The first-order valence-corrected chi connectivity index (χ1v) is 9.11. The molecule has 3 atom stereocenters. The van der Waals surface area contributed by atoms with Gasteiger partial charge in [0.25, 0.3) is 0 Å². The van der Waals surface area contributed by atoms with Crippen LogP contribution in [-0.4, -0.2) is 23.4 Å². The van der Waals surface area contributed by atoms with Crippen LogP contribution in [0.25, 0.3) is 0 Å². The molecule has 0 spiro atoms. The molecule has 1 fully saturated rings. The summed E-state index contributed by atoms with van der Waals surface area (Å²) in [6, 6.07) is 0. The van der Waals surface area contributed by atoms with Crippen LogP contribution in [0.1, 0.15) is 97.3 Å². The van der Waals surface area contributed by atoms with Gasteiger partial charge in [0.1, 0.15) is 0 Å². The number of aliphatic hydroxyl groups excluding tert-OH is 1. The molecule has 0 aliphatic carbocycles. The second kappa shape index (κ2) is 11.6. The fourth-order valence-corrected chi connectivity index (χ4v) is 3.17. The van der Waals surface area contributed by atoms with E-state index < -0.39 is 0 Å². The third-order valence-electron chi connectivity index (χ3n) is 4.55. The van der Waals surface area contributed by atoms with Crippen molar-refractivity contribution in [2.24, 2.45) is 0 Å². The Bertz CT molecular complexity index is 217. The summed E-state index contributed by atoms with van der Waals surface area (Å²) in [6.45, 7) is 4.48. The summed E-state index contributed by atoms with van der Waals surface area (Å²) in [5.41, 5.74) is 0. The monoisotopic (exact) mass is 284 g/mol. The van der Waals surface area contributed by atoms with Crippen molar-refractivity contribution in [3.63, 3.8) is 0 Å². The van der Waals surface area contributed by atoms with Crippen LogP contribution in [0, 0.1) is 0 Å². The van der Waals surface area contributed by atoms with E-state index in [2.05, 4.69) is 13.8 Å². The highest BCUT2D eigenvalue weighted by atomic mass is 16.5. The van der Waals surface area contributed by atoms with E-state index >= 15 is 0 Å². The molecular weight excluding hydrogens is 248 g/mol. The molecule has 0 radical (unpaired) electrons. The van der Waals surface area contributed by atoms with Gasteiger partial charge in [0.05, 0.1) is 18.3 Å². The lowest BCUT2D eigenvalue weighted by atomic mass is 10.0. The van der Waals surface area contributed by atoms with Gasteiger partial charge in [-0.3, -0.25) is 0 Å². The van der Waals surface area contributed by atoms with Crippen molar-refractivity contribution in [1.82, 2.24) is 0 Å². The maximum Gasteiger partial charge on any atom is 0.0838 e. The summed E-state index contributed by atoms with van der Waals surface area (Å²) in [5, 5.41) is 10.2. The van der Waals surface area contributed by atoms with E-state index in [1.54, 1.807) is 0 Å². The number of hydrogen-bond acceptors (Lipinski definition) is 2. The van der Waals surface area contributed by atoms with E-state index in [4.69, 9.17) is 4.74 Å². The lowest BCUT2D eigenvalue weighted by Gasteiger charge is -2.19. The molecule has 0 saturated carbocycles. The first kappa shape index (κ1) is 18.0. The first-order valence-electron chi connectivity index (χ1n) is 9.11. The predicted octanol–water partition coefficient (Wildman–Crippen LogP) is 5.23. The van der Waals surface area contributed by atoms with Crippen LogP contribution in [-0.2, 0) is 4.74 Å². The Balaban J connectivity index is 2.03. The molecule has 0 aromatic heterocycles. The lowest BCUT2D eigenvalue weighted by Crippen LogP contribution is -2.26. The zero-order chi connectivity index (χ0) is 14.6. The predicted molar refractivity (Wildman–Crippen MR) is 86.0 cm³/mol. The smallest absolute Gasteiger partial charge is 0.0838 e. The van der Waals surface area contributed by atoms with Crippen molar-refractivity contribution in [1.29, 1.82) is 0 Å². The van der Waals surface area contributed by atoms with E-state index in [1.165, 1.54) is 57.8 Å². The van der Waals surface area contributed by atoms with Gasteiger partial charge in [-0.25, -0.2) is 0 Å². The number of ether oxygens (including phenoxy) is 1. The molecule has 1 rings (SSSR count). The van der Waals surface area contributed by atoms with Crippen LogP contribution in [0.3, 0.4) is 0 Å². The number of hydrogen-bond donors (Lipinski definition) is 1. The Kier molecular flexibility index (Phi) is 10.4. The lowest BCUT2D eigenvalue weighted by molar-refractivity contribution is -0.0401. The largest absolute Gasteiger partial charge is 0.390 e. The first-order chi connectivity index (χ1) is 9.77. The SMILES string of the molecule is CCCCCCC[C@H]1CC[C@@H]([C@@H](O)CCCCCC)O1. The molecule has 20 heavy (non-hydrogen) atoms. The van der Waals surface area contributed by atoms with Gasteiger partial charge < -0.3 is 9.84 Å². The maximum atomic E-state index is 10.2. The van der Waals surface area contributed by atoms with Crippen molar-refractivity contribution in [2.75, 3.05) is 0 Å². The highest BCUT2D eigenvalue weighted by molar-refractivity contribution is 4.79. The summed E-state index contributed by atoms with van der Waals surface area (Å²) in [5.74, 6) is 0. The Labute approximate surface area is 126 Å². The van der Waals surface area contributed by atoms with Crippen molar-refractivity contribution < 1.29 is 9.84 Å². The minimum absolute atomic E-state index is 0.122. The summed E-state index contributed by atoms with van der Waals surface area (Å²) in [6.07, 6.45) is 16.3. The van der Waals surface area contributed by atoms with Crippen molar-refractivity contribution in [3.8, 4) is 0 Å². The van der Waals surface area contributed by atoms with E-state index in [0.717, 1.165) is 25.7 Å². The zero-order valence-corrected chi connectivity index (χ0v) is 13.8. The van der Waals surface area contributed by atoms with E-state index in [1.807, 2.05) is 0 Å². The number of aliphatic hydroxyl groups is 1. The summed E-state index contributed by atoms with van der Waals surface area (Å²) < 4.78 is 6.04. The van der Waals surface area contributed by atoms with Crippen molar-refractivity contribution in [2.45, 2.75) is 116 Å². The van der Waals surface area contributed by atoms with Gasteiger partial charge in [0, 0.05) is 0 Å². The van der Waals surface area contributed by atoms with Crippen LogP contribution in [0.15, 0.2) is 0 Å². The molecule has 1 saturated heterocycles. The second-order valence-electron chi connectivity index (χ2n) is 6.49. The normalized spacial score (nSPS) is 24.1. The van der Waals surface area contributed by atoms with Crippen molar-refractivity contribution >= 4 is 0 Å². The van der Waals surface area contributed by atoms with Gasteiger partial charge >= 0.3 is 0 Å². The Morgan fingerprint density at radius 3 is 2.25 bits per heavy atom. The van der Waals surface area contributed by atoms with Crippen molar-refractivity contribution in [3.05, 3.63) is 0 Å². The molecule has 1 heterocycles. The minimum atomic E-state index is -0.225. The molecule has 1 aliphatic heterocycles. The van der Waals surface area contributed by atoms with E-state index in [-0.39, 0.29) is 12.2 Å². The Morgan fingerprint density at radius 2 is 1.55 bits per heavy atom. The summed E-state index contributed by atoms with van der Waals surface area (Å²) in [4.78, 5) is 0. The zero-order valence-electron chi connectivity index (χ0n) is 13.8. The maximum absolute atomic E-state index is 10.2. The third-order valence-corrected chi connectivity index (χ3v) is 4.55. The second-order valence-corrected chi connectivity index (χ2v) is 6.49. The average molecular weight is 284 g/mol. The van der Waals surface area contributed by atoms with Gasteiger partial charge in [0.2, 0.25) is 0 Å². The van der Waals surface area contributed by atoms with Gasteiger partial charge in [-0.05, 0) is 25.7 Å². The average Bonchev–Trinajstić information content (AvgIpc) is 2.92. The van der Waals surface area contributed by atoms with Gasteiger partial charge in [-0.15, -0.1) is 0 Å².